The van der Waals surface area contributed by atoms with E-state index >= 15 is 0 Å². The number of aromatic nitrogens is 1. The van der Waals surface area contributed by atoms with Gasteiger partial charge in [0.05, 0.1) is 13.2 Å². The van der Waals surface area contributed by atoms with Crippen LogP contribution in [0, 0.1) is 5.92 Å². The Morgan fingerprint density at radius 1 is 1.41 bits per heavy atom. The first-order valence-electron chi connectivity index (χ1n) is 8.17. The van der Waals surface area contributed by atoms with Crippen LogP contribution in [0.2, 0.25) is 0 Å². The Hall–Kier alpha value is -1.81. The first-order valence-corrected chi connectivity index (χ1v) is 8.17. The molecule has 3 heterocycles. The van der Waals surface area contributed by atoms with Crippen molar-refractivity contribution in [3.8, 4) is 5.75 Å². The van der Waals surface area contributed by atoms with Gasteiger partial charge in [0.2, 0.25) is 0 Å². The van der Waals surface area contributed by atoms with Gasteiger partial charge in [-0.05, 0) is 30.5 Å². The molecule has 1 aromatic heterocycles. The van der Waals surface area contributed by atoms with Crippen molar-refractivity contribution in [3.05, 3.63) is 29.5 Å². The maximum atomic E-state index is 12.4. The van der Waals surface area contributed by atoms with Gasteiger partial charge in [0.25, 0.3) is 0 Å². The number of piperidine rings is 1. The van der Waals surface area contributed by atoms with Crippen LogP contribution < -0.4 is 4.74 Å². The van der Waals surface area contributed by atoms with Crippen LogP contribution in [0.1, 0.15) is 37.1 Å². The van der Waals surface area contributed by atoms with Gasteiger partial charge in [0.15, 0.2) is 0 Å². The summed E-state index contributed by atoms with van der Waals surface area (Å²) >= 11 is 0. The molecule has 0 saturated carbocycles. The number of methoxy groups -OCH3 is 1. The average molecular weight is 298 g/mol. The van der Waals surface area contributed by atoms with E-state index in [1.165, 1.54) is 16.6 Å². The lowest BCUT2D eigenvalue weighted by Gasteiger charge is -2.41. The molecule has 1 unspecified atom stereocenters. The van der Waals surface area contributed by atoms with Crippen LogP contribution in [0.3, 0.4) is 0 Å². The Kier molecular flexibility index (Phi) is 3.22. The van der Waals surface area contributed by atoms with Gasteiger partial charge in [0, 0.05) is 42.0 Å². The number of hydrogen-bond donors (Lipinski definition) is 1. The molecule has 4 nitrogen and oxygen atoms in total. The molecule has 0 amide bonds. The first kappa shape index (κ1) is 13.8. The molecule has 4 heteroatoms. The molecule has 1 saturated heterocycles. The van der Waals surface area contributed by atoms with Crippen molar-refractivity contribution in [1.82, 2.24) is 9.88 Å². The van der Waals surface area contributed by atoms with Gasteiger partial charge in [-0.1, -0.05) is 13.0 Å². The number of hydrogen-bond acceptors (Lipinski definition) is 3. The molecule has 0 spiro atoms. The third-order valence-corrected chi connectivity index (χ3v) is 5.36. The second-order valence-corrected chi connectivity index (χ2v) is 6.44. The van der Waals surface area contributed by atoms with Crippen LogP contribution in [0.5, 0.6) is 5.75 Å². The Morgan fingerprint density at radius 3 is 3.05 bits per heavy atom. The summed E-state index contributed by atoms with van der Waals surface area (Å²) in [6.45, 7) is 4.06. The number of Topliss-reactive ketones (excluding diaryl/α,β-unsaturated/α-hetero) is 1. The van der Waals surface area contributed by atoms with E-state index in [2.05, 4.69) is 22.9 Å². The molecule has 22 heavy (non-hydrogen) atoms. The number of benzene rings is 1. The summed E-state index contributed by atoms with van der Waals surface area (Å²) in [6, 6.07) is 6.35. The van der Waals surface area contributed by atoms with Gasteiger partial charge < -0.3 is 9.72 Å². The zero-order valence-corrected chi connectivity index (χ0v) is 13.2. The highest BCUT2D eigenvalue weighted by atomic mass is 16.5. The Morgan fingerprint density at radius 2 is 2.27 bits per heavy atom. The lowest BCUT2D eigenvalue weighted by atomic mass is 9.84. The van der Waals surface area contributed by atoms with Crippen molar-refractivity contribution in [1.29, 1.82) is 0 Å². The number of carbonyl (C=O) groups is 1. The molecular weight excluding hydrogens is 276 g/mol. The van der Waals surface area contributed by atoms with E-state index in [1.54, 1.807) is 7.11 Å². The highest BCUT2D eigenvalue weighted by Crippen LogP contribution is 2.42. The third kappa shape index (κ3) is 1.90. The molecule has 2 aliphatic rings. The Balaban J connectivity index is 1.81. The number of H-pyrrole nitrogens is 1. The topological polar surface area (TPSA) is 45.3 Å². The minimum Gasteiger partial charge on any atom is -0.496 e. The average Bonchev–Trinajstić information content (AvgIpc) is 2.93. The highest BCUT2D eigenvalue weighted by Gasteiger charge is 2.38. The molecule has 2 aliphatic heterocycles. The monoisotopic (exact) mass is 298 g/mol. The molecule has 4 rings (SSSR count). The maximum Gasteiger partial charge on any atom is 0.139 e. The fourth-order valence-electron chi connectivity index (χ4n) is 4.16. The molecule has 0 aliphatic carbocycles. The smallest absolute Gasteiger partial charge is 0.139 e. The fourth-order valence-corrected chi connectivity index (χ4v) is 4.16. The van der Waals surface area contributed by atoms with Crippen molar-refractivity contribution >= 4 is 16.7 Å². The van der Waals surface area contributed by atoms with E-state index in [-0.39, 0.29) is 12.0 Å². The van der Waals surface area contributed by atoms with Crippen molar-refractivity contribution in [2.24, 2.45) is 5.92 Å². The van der Waals surface area contributed by atoms with Crippen molar-refractivity contribution in [3.63, 3.8) is 0 Å². The van der Waals surface area contributed by atoms with Crippen molar-refractivity contribution in [2.75, 3.05) is 20.2 Å². The number of nitrogens with zero attached hydrogens (tertiary/aromatic N) is 1. The fraction of sp³-hybridized carbons (Fsp3) is 0.500. The lowest BCUT2D eigenvalue weighted by molar-refractivity contribution is -0.128. The molecule has 2 aromatic rings. The molecule has 2 atom stereocenters. The Labute approximate surface area is 130 Å². The maximum absolute atomic E-state index is 12.4. The number of aromatic amines is 1. The summed E-state index contributed by atoms with van der Waals surface area (Å²) in [5.74, 6) is 1.57. The number of ketones is 1. The summed E-state index contributed by atoms with van der Waals surface area (Å²) in [6.07, 6.45) is 2.62. The predicted molar refractivity (Wildman–Crippen MR) is 86.3 cm³/mol. The SMILES string of the molecule is CC[C@H]1CN2CCc3c([nH]c4cccc(OC)c34)C2CC1=O. The zero-order valence-electron chi connectivity index (χ0n) is 13.2. The van der Waals surface area contributed by atoms with Gasteiger partial charge in [-0.15, -0.1) is 0 Å². The Bertz CT molecular complexity index is 734. The zero-order chi connectivity index (χ0) is 15.3. The van der Waals surface area contributed by atoms with Gasteiger partial charge in [-0.25, -0.2) is 0 Å². The normalized spacial score (nSPS) is 25.1. The molecule has 1 fully saturated rings. The van der Waals surface area contributed by atoms with E-state index in [1.807, 2.05) is 12.1 Å². The highest BCUT2D eigenvalue weighted by molar-refractivity contribution is 5.91. The number of fused-ring (bicyclic) bond motifs is 5. The lowest BCUT2D eigenvalue weighted by Crippen LogP contribution is -2.46. The van der Waals surface area contributed by atoms with E-state index < -0.39 is 0 Å². The van der Waals surface area contributed by atoms with E-state index in [0.717, 1.165) is 37.2 Å². The van der Waals surface area contributed by atoms with E-state index in [4.69, 9.17) is 4.74 Å². The minimum absolute atomic E-state index is 0.219. The molecule has 1 aromatic carbocycles. The number of nitrogens with one attached hydrogen (secondary N) is 1. The van der Waals surface area contributed by atoms with Crippen LogP contribution in [-0.4, -0.2) is 35.9 Å². The summed E-state index contributed by atoms with van der Waals surface area (Å²) in [4.78, 5) is 18.4. The quantitative estimate of drug-likeness (QED) is 0.926. The van der Waals surface area contributed by atoms with Crippen molar-refractivity contribution < 1.29 is 9.53 Å². The molecule has 0 radical (unpaired) electrons. The van der Waals surface area contributed by atoms with Crippen LogP contribution in [-0.2, 0) is 11.2 Å². The number of ether oxygens (including phenoxy) is 1. The van der Waals surface area contributed by atoms with Gasteiger partial charge >= 0.3 is 0 Å². The summed E-state index contributed by atoms with van der Waals surface area (Å²) < 4.78 is 5.54. The predicted octanol–water partition coefficient (Wildman–Crippen LogP) is 3.07. The standard InChI is InChI=1S/C18H22N2O2/c1-3-11-10-20-8-7-12-17-13(5-4-6-16(17)22-2)19-18(12)14(20)9-15(11)21/h4-6,11,14,19H,3,7-10H2,1-2H3/t11-,14?/m0/s1. The number of carbonyl (C=O) groups excluding carboxylic acids is 1. The second-order valence-electron chi connectivity index (χ2n) is 6.44. The summed E-state index contributed by atoms with van der Waals surface area (Å²) in [7, 11) is 1.72. The van der Waals surface area contributed by atoms with E-state index in [9.17, 15) is 4.79 Å². The molecule has 1 N–H and O–H groups in total. The third-order valence-electron chi connectivity index (χ3n) is 5.36. The van der Waals surface area contributed by atoms with Crippen molar-refractivity contribution in [2.45, 2.75) is 32.2 Å². The second kappa shape index (κ2) is 5.13. The van der Waals surface area contributed by atoms with Crippen LogP contribution >= 0.6 is 0 Å². The number of rotatable bonds is 2. The van der Waals surface area contributed by atoms with Crippen LogP contribution in [0.15, 0.2) is 18.2 Å². The van der Waals surface area contributed by atoms with Crippen LogP contribution in [0.25, 0.3) is 10.9 Å². The van der Waals surface area contributed by atoms with Gasteiger partial charge in [-0.3, -0.25) is 9.69 Å². The van der Waals surface area contributed by atoms with Gasteiger partial charge in [-0.2, -0.15) is 0 Å². The summed E-state index contributed by atoms with van der Waals surface area (Å²) in [5, 5.41) is 1.20. The molecule has 116 valence electrons. The summed E-state index contributed by atoms with van der Waals surface area (Å²) in [5.41, 5.74) is 3.70. The molecular formula is C18H22N2O2. The van der Waals surface area contributed by atoms with Gasteiger partial charge in [0.1, 0.15) is 11.5 Å². The van der Waals surface area contributed by atoms with E-state index in [0.29, 0.717) is 12.2 Å². The largest absolute Gasteiger partial charge is 0.496 e. The first-order chi connectivity index (χ1) is 10.7. The molecule has 0 bridgehead atoms. The minimum atomic E-state index is 0.219. The van der Waals surface area contributed by atoms with Crippen LogP contribution in [0.4, 0.5) is 0 Å².